The predicted molar refractivity (Wildman–Crippen MR) is 146 cm³/mol. The van der Waals surface area contributed by atoms with Gasteiger partial charge in [0.05, 0.1) is 5.92 Å². The van der Waals surface area contributed by atoms with Gasteiger partial charge in [0, 0.05) is 18.0 Å². The Balaban J connectivity index is 2.92. The second-order valence-electron chi connectivity index (χ2n) is 15.0. The maximum Gasteiger partial charge on any atom is 0.233 e. The lowest BCUT2D eigenvalue weighted by Crippen LogP contribution is -2.50. The summed E-state index contributed by atoms with van der Waals surface area (Å²) in [6, 6.07) is 0.282. The number of amides is 2. The summed E-state index contributed by atoms with van der Waals surface area (Å²) < 4.78 is 0. The highest BCUT2D eigenvalue weighted by atomic mass is 16.2. The minimum Gasteiger partial charge on any atom is -0.307 e. The Morgan fingerprint density at radius 3 is 1.88 bits per heavy atom. The molecule has 0 spiro atoms. The van der Waals surface area contributed by atoms with E-state index in [0.717, 1.165) is 24.8 Å². The molecule has 1 heterocycles. The summed E-state index contributed by atoms with van der Waals surface area (Å²) in [6.45, 7) is 31.7. The molecule has 1 aliphatic heterocycles. The standard InChI is InChI=1S/C30H56N2O2/c1-21(18-27(6,7)29(10,11)20-28(8,9)26(3,4)5)16-23-17-24(33)32(25(23)34)30(12,13)19-22(2)31(14)15/h22-23H,1,16-20H2,2-15H3. The maximum atomic E-state index is 13.4. The lowest BCUT2D eigenvalue weighted by atomic mass is 9.55. The van der Waals surface area contributed by atoms with Crippen molar-refractivity contribution in [2.75, 3.05) is 14.1 Å². The largest absolute Gasteiger partial charge is 0.307 e. The van der Waals surface area contributed by atoms with Crippen molar-refractivity contribution in [3.8, 4) is 0 Å². The van der Waals surface area contributed by atoms with Crippen LogP contribution in [-0.4, -0.2) is 47.3 Å². The molecule has 0 N–H and O–H groups in total. The molecule has 1 saturated heterocycles. The van der Waals surface area contributed by atoms with E-state index in [1.165, 1.54) is 0 Å². The second kappa shape index (κ2) is 10.1. The van der Waals surface area contributed by atoms with Crippen LogP contribution in [0.15, 0.2) is 12.2 Å². The smallest absolute Gasteiger partial charge is 0.233 e. The van der Waals surface area contributed by atoms with E-state index in [9.17, 15) is 9.59 Å². The Hall–Kier alpha value is -1.16. The summed E-state index contributed by atoms with van der Waals surface area (Å²) in [5, 5.41) is 0. The van der Waals surface area contributed by atoms with Crippen LogP contribution < -0.4 is 0 Å². The van der Waals surface area contributed by atoms with Gasteiger partial charge >= 0.3 is 0 Å². The first-order valence-electron chi connectivity index (χ1n) is 13.2. The highest BCUT2D eigenvalue weighted by Crippen LogP contribution is 2.54. The molecule has 0 aromatic heterocycles. The molecule has 4 heteroatoms. The van der Waals surface area contributed by atoms with Gasteiger partial charge in [-0.05, 0) is 82.2 Å². The summed E-state index contributed by atoms with van der Waals surface area (Å²) in [5.41, 5.74) is 1.12. The van der Waals surface area contributed by atoms with E-state index in [1.54, 1.807) is 4.90 Å². The SMILES string of the molecule is C=C(CC1CC(=O)N(C(C)(C)CC(C)N(C)C)C1=O)CC(C)(C)C(C)(C)CC(C)(C)C(C)(C)C. The normalized spacial score (nSPS) is 19.9. The van der Waals surface area contributed by atoms with Crippen LogP contribution in [0.1, 0.15) is 115 Å². The monoisotopic (exact) mass is 476 g/mol. The molecule has 4 nitrogen and oxygen atoms in total. The van der Waals surface area contributed by atoms with Crippen molar-refractivity contribution in [1.29, 1.82) is 0 Å². The molecule has 0 saturated carbocycles. The Labute approximate surface area is 211 Å². The van der Waals surface area contributed by atoms with E-state index < -0.39 is 5.54 Å². The number of hydrogen-bond donors (Lipinski definition) is 0. The number of allylic oxidation sites excluding steroid dienone is 1. The molecule has 2 atom stereocenters. The first kappa shape index (κ1) is 30.9. The van der Waals surface area contributed by atoms with Gasteiger partial charge in [-0.15, -0.1) is 0 Å². The van der Waals surface area contributed by atoms with Crippen LogP contribution in [0.2, 0.25) is 0 Å². The zero-order valence-corrected chi connectivity index (χ0v) is 25.1. The molecule has 198 valence electrons. The molecule has 0 aromatic rings. The van der Waals surface area contributed by atoms with Crippen LogP contribution in [0.25, 0.3) is 0 Å². The maximum absolute atomic E-state index is 13.4. The predicted octanol–water partition coefficient (Wildman–Crippen LogP) is 7.33. The molecule has 34 heavy (non-hydrogen) atoms. The van der Waals surface area contributed by atoms with E-state index in [0.29, 0.717) is 12.8 Å². The minimum atomic E-state index is -0.492. The summed E-state index contributed by atoms with van der Waals surface area (Å²) in [7, 11) is 4.07. The second-order valence-corrected chi connectivity index (χ2v) is 15.0. The first-order valence-corrected chi connectivity index (χ1v) is 13.2. The number of nitrogens with zero attached hydrogens (tertiary/aromatic N) is 2. The van der Waals surface area contributed by atoms with Crippen molar-refractivity contribution in [2.45, 2.75) is 127 Å². The number of rotatable bonds is 11. The third kappa shape index (κ3) is 6.95. The van der Waals surface area contributed by atoms with Gasteiger partial charge in [-0.3, -0.25) is 14.5 Å². The number of carbonyl (C=O) groups is 2. The van der Waals surface area contributed by atoms with Crippen LogP contribution in [-0.2, 0) is 9.59 Å². The molecule has 2 amide bonds. The molecule has 1 rings (SSSR count). The van der Waals surface area contributed by atoms with E-state index in [4.69, 9.17) is 0 Å². The quantitative estimate of drug-likeness (QED) is 0.231. The molecular weight excluding hydrogens is 420 g/mol. The van der Waals surface area contributed by atoms with Gasteiger partial charge in [0.15, 0.2) is 0 Å². The zero-order chi connectivity index (χ0) is 27.1. The van der Waals surface area contributed by atoms with Crippen LogP contribution in [0.5, 0.6) is 0 Å². The van der Waals surface area contributed by atoms with Gasteiger partial charge in [-0.2, -0.15) is 0 Å². The Kier molecular flexibility index (Phi) is 9.14. The summed E-state index contributed by atoms with van der Waals surface area (Å²) in [4.78, 5) is 30.0. The Morgan fingerprint density at radius 2 is 1.44 bits per heavy atom. The molecule has 0 bridgehead atoms. The number of likely N-dealkylation sites (tertiary alicyclic amines) is 1. The molecule has 1 aliphatic rings. The summed E-state index contributed by atoms with van der Waals surface area (Å²) in [6.07, 6.45) is 3.63. The van der Waals surface area contributed by atoms with Gasteiger partial charge in [0.2, 0.25) is 11.8 Å². The van der Waals surface area contributed by atoms with Gasteiger partial charge in [-0.1, -0.05) is 74.5 Å². The molecule has 0 radical (unpaired) electrons. The third-order valence-corrected chi connectivity index (χ3v) is 9.50. The van der Waals surface area contributed by atoms with Crippen molar-refractivity contribution in [1.82, 2.24) is 9.80 Å². The van der Waals surface area contributed by atoms with Crippen molar-refractivity contribution < 1.29 is 9.59 Å². The third-order valence-electron chi connectivity index (χ3n) is 9.50. The average molecular weight is 477 g/mol. The van der Waals surface area contributed by atoms with Crippen LogP contribution >= 0.6 is 0 Å². The van der Waals surface area contributed by atoms with E-state index in [2.05, 4.69) is 80.7 Å². The lowest BCUT2D eigenvalue weighted by molar-refractivity contribution is -0.146. The van der Waals surface area contributed by atoms with Crippen molar-refractivity contribution >= 4 is 11.8 Å². The van der Waals surface area contributed by atoms with Crippen molar-refractivity contribution in [3.63, 3.8) is 0 Å². The number of imide groups is 1. The van der Waals surface area contributed by atoms with Crippen molar-refractivity contribution in [3.05, 3.63) is 12.2 Å². The molecule has 0 aromatic carbocycles. The van der Waals surface area contributed by atoms with Crippen LogP contribution in [0.4, 0.5) is 0 Å². The number of hydrogen-bond acceptors (Lipinski definition) is 3. The Morgan fingerprint density at radius 1 is 0.941 bits per heavy atom. The highest BCUT2D eigenvalue weighted by molar-refractivity contribution is 6.04. The Bertz CT molecular complexity index is 765. The fraction of sp³-hybridized carbons (Fsp3) is 0.867. The zero-order valence-electron chi connectivity index (χ0n) is 25.1. The topological polar surface area (TPSA) is 40.6 Å². The molecule has 1 fully saturated rings. The van der Waals surface area contributed by atoms with Crippen LogP contribution in [0.3, 0.4) is 0 Å². The van der Waals surface area contributed by atoms with Crippen molar-refractivity contribution in [2.24, 2.45) is 27.6 Å². The molecule has 0 aliphatic carbocycles. The van der Waals surface area contributed by atoms with E-state index in [-0.39, 0.29) is 45.4 Å². The number of carbonyl (C=O) groups excluding carboxylic acids is 2. The summed E-state index contributed by atoms with van der Waals surface area (Å²) in [5.74, 6) is -0.336. The van der Waals surface area contributed by atoms with Gasteiger partial charge in [-0.25, -0.2) is 0 Å². The molecule has 2 unspecified atom stereocenters. The van der Waals surface area contributed by atoms with Gasteiger partial charge in [0.25, 0.3) is 0 Å². The first-order chi connectivity index (χ1) is 14.9. The minimum absolute atomic E-state index is 0.0203. The van der Waals surface area contributed by atoms with Crippen LogP contribution in [0, 0.1) is 27.6 Å². The van der Waals surface area contributed by atoms with E-state index >= 15 is 0 Å². The average Bonchev–Trinajstić information content (AvgIpc) is 2.85. The molecular formula is C30H56N2O2. The van der Waals surface area contributed by atoms with Gasteiger partial charge < -0.3 is 4.90 Å². The van der Waals surface area contributed by atoms with Gasteiger partial charge in [0.1, 0.15) is 0 Å². The fourth-order valence-electron chi connectivity index (χ4n) is 5.38. The summed E-state index contributed by atoms with van der Waals surface area (Å²) >= 11 is 0. The lowest BCUT2D eigenvalue weighted by Gasteiger charge is -2.50. The fourth-order valence-corrected chi connectivity index (χ4v) is 5.38. The van der Waals surface area contributed by atoms with E-state index in [1.807, 2.05) is 27.9 Å². The highest BCUT2D eigenvalue weighted by Gasteiger charge is 2.48.